The number of amides is 2. The Bertz CT molecular complexity index is 1730. The lowest BCUT2D eigenvalue weighted by atomic mass is 9.81. The first-order chi connectivity index (χ1) is 19.8. The number of aromatic nitrogens is 3. The number of primary amides is 1. The number of halogens is 4. The molecule has 1 aliphatic carbocycles. The number of pyridine rings is 1. The lowest BCUT2D eigenvalue weighted by molar-refractivity contribution is -0.265. The molecule has 1 aliphatic heterocycles. The highest BCUT2D eigenvalue weighted by Gasteiger charge is 2.57. The maximum absolute atomic E-state index is 14.7. The van der Waals surface area contributed by atoms with E-state index in [1.165, 1.54) is 25.3 Å². The quantitative estimate of drug-likeness (QED) is 0.243. The van der Waals surface area contributed by atoms with E-state index in [-0.39, 0.29) is 40.7 Å². The van der Waals surface area contributed by atoms with Gasteiger partial charge in [0.25, 0.3) is 5.91 Å². The first-order valence-corrected chi connectivity index (χ1v) is 13.1. The number of nitrogens with one attached hydrogen (secondary N) is 2. The molecule has 1 saturated carbocycles. The number of alkyl halides is 3. The lowest BCUT2D eigenvalue weighted by Gasteiger charge is -2.31. The molecule has 6 rings (SSSR count). The van der Waals surface area contributed by atoms with Gasteiger partial charge >= 0.3 is 6.18 Å². The molecule has 2 amide bonds. The minimum atomic E-state index is -5.32. The molecule has 13 heteroatoms. The number of benzene rings is 2. The summed E-state index contributed by atoms with van der Waals surface area (Å²) in [4.78, 5) is 29.8. The molecule has 2 aromatic heterocycles. The molecule has 42 heavy (non-hydrogen) atoms. The van der Waals surface area contributed by atoms with E-state index in [0.717, 1.165) is 31.0 Å². The van der Waals surface area contributed by atoms with Gasteiger partial charge < -0.3 is 20.9 Å². The van der Waals surface area contributed by atoms with Gasteiger partial charge in [-0.2, -0.15) is 18.3 Å². The van der Waals surface area contributed by atoms with Gasteiger partial charge in [0.05, 0.1) is 24.0 Å². The van der Waals surface area contributed by atoms with E-state index in [1.54, 1.807) is 12.1 Å². The van der Waals surface area contributed by atoms with Crippen molar-refractivity contribution in [1.29, 1.82) is 0 Å². The zero-order chi connectivity index (χ0) is 30.0. The van der Waals surface area contributed by atoms with E-state index >= 15 is 0 Å². The van der Waals surface area contributed by atoms with E-state index in [1.807, 2.05) is 0 Å². The van der Waals surface area contributed by atoms with Crippen LogP contribution in [-0.4, -0.2) is 51.4 Å². The fourth-order valence-electron chi connectivity index (χ4n) is 5.18. The monoisotopic (exact) mass is 583 g/mol. The van der Waals surface area contributed by atoms with Crippen LogP contribution >= 0.6 is 0 Å². The van der Waals surface area contributed by atoms with Crippen molar-refractivity contribution in [3.8, 4) is 17.0 Å². The van der Waals surface area contributed by atoms with Crippen LogP contribution in [0.15, 0.2) is 48.7 Å². The van der Waals surface area contributed by atoms with Crippen LogP contribution in [0.5, 0.6) is 5.75 Å². The van der Waals surface area contributed by atoms with Crippen LogP contribution in [0, 0.1) is 5.82 Å². The summed E-state index contributed by atoms with van der Waals surface area (Å²) >= 11 is 0. The Kier molecular flexibility index (Phi) is 6.26. The zero-order valence-electron chi connectivity index (χ0n) is 22.2. The summed E-state index contributed by atoms with van der Waals surface area (Å²) in [5, 5.41) is 20.9. The van der Waals surface area contributed by atoms with Crippen LogP contribution in [0.2, 0.25) is 0 Å². The molecule has 1 unspecified atom stereocenters. The van der Waals surface area contributed by atoms with Gasteiger partial charge in [0.1, 0.15) is 29.3 Å². The Morgan fingerprint density at radius 3 is 2.55 bits per heavy atom. The minimum Gasteiger partial charge on any atom is -0.489 e. The number of fused-ring (bicyclic) bond motifs is 2. The molecular weight excluding hydrogens is 558 g/mol. The summed E-state index contributed by atoms with van der Waals surface area (Å²) < 4.78 is 63.4. The molecule has 2 aliphatic rings. The highest BCUT2D eigenvalue weighted by molar-refractivity contribution is 6.00. The van der Waals surface area contributed by atoms with Gasteiger partial charge in [0, 0.05) is 22.1 Å². The zero-order valence-corrected chi connectivity index (χ0v) is 22.2. The molecule has 2 aromatic carbocycles. The molecule has 0 bridgehead atoms. The molecule has 2 atom stereocenters. The largest absolute Gasteiger partial charge is 0.489 e. The standard InChI is InChI=1S/C29H25F4N5O4/c1-27(26(34)40)13-42-24-20(27)10-22(37-23(24)15-4-6-17(30)7-5-15)28(41,29(31,32)33)12-35-25(39)19-8-16-11-36-38-21(16)9-18(19)14-2-3-14/h4-11,14,41H,2-3,12-13H2,1H3,(H2,34,40)(H,35,39)(H,36,38)/t27-,28?/m0/s1. The number of hydrogen-bond acceptors (Lipinski definition) is 6. The van der Waals surface area contributed by atoms with E-state index in [9.17, 15) is 32.3 Å². The molecule has 5 N–H and O–H groups in total. The summed E-state index contributed by atoms with van der Waals surface area (Å²) in [7, 11) is 0. The lowest BCUT2D eigenvalue weighted by Crippen LogP contribution is -2.52. The maximum atomic E-state index is 14.7. The number of H-pyrrole nitrogens is 1. The molecule has 9 nitrogen and oxygen atoms in total. The van der Waals surface area contributed by atoms with E-state index in [4.69, 9.17) is 10.5 Å². The van der Waals surface area contributed by atoms with Gasteiger partial charge in [-0.1, -0.05) is 0 Å². The SMILES string of the molecule is C[C@]1(C(N)=O)COc2c1cc(C(O)(CNC(=O)c1cc3cn[nH]c3cc1C1CC1)C(F)(F)F)nc2-c1ccc(F)cc1. The van der Waals surface area contributed by atoms with Gasteiger partial charge in [0.15, 0.2) is 0 Å². The van der Waals surface area contributed by atoms with Crippen molar-refractivity contribution in [2.45, 2.75) is 42.9 Å². The highest BCUT2D eigenvalue weighted by atomic mass is 19.4. The van der Waals surface area contributed by atoms with Crippen LogP contribution in [0.3, 0.4) is 0 Å². The third-order valence-corrected chi connectivity index (χ3v) is 8.00. The van der Waals surface area contributed by atoms with Crippen molar-refractivity contribution in [2.24, 2.45) is 5.73 Å². The number of nitrogens with two attached hydrogens (primary N) is 1. The maximum Gasteiger partial charge on any atom is 0.424 e. The van der Waals surface area contributed by atoms with Crippen molar-refractivity contribution >= 4 is 22.7 Å². The van der Waals surface area contributed by atoms with Crippen molar-refractivity contribution in [3.63, 3.8) is 0 Å². The summed E-state index contributed by atoms with van der Waals surface area (Å²) in [6.07, 6.45) is -2.16. The van der Waals surface area contributed by atoms with Gasteiger partial charge in [0.2, 0.25) is 11.5 Å². The van der Waals surface area contributed by atoms with Crippen LogP contribution in [-0.2, 0) is 15.8 Å². The Morgan fingerprint density at radius 2 is 1.90 bits per heavy atom. The van der Waals surface area contributed by atoms with Crippen molar-refractivity contribution in [2.75, 3.05) is 13.2 Å². The molecule has 218 valence electrons. The number of ether oxygens (including phenoxy) is 1. The number of carbonyl (C=O) groups is 2. The smallest absolute Gasteiger partial charge is 0.424 e. The molecule has 1 fully saturated rings. The average Bonchev–Trinajstić information content (AvgIpc) is 3.59. The van der Waals surface area contributed by atoms with Gasteiger partial charge in [-0.15, -0.1) is 0 Å². The number of hydrogen-bond donors (Lipinski definition) is 4. The molecule has 0 spiro atoms. The second-order valence-corrected chi connectivity index (χ2v) is 10.9. The summed E-state index contributed by atoms with van der Waals surface area (Å²) in [5.41, 5.74) is 1.03. The third-order valence-electron chi connectivity index (χ3n) is 8.00. The van der Waals surface area contributed by atoms with Crippen LogP contribution in [0.4, 0.5) is 17.6 Å². The summed E-state index contributed by atoms with van der Waals surface area (Å²) in [6, 6.07) is 8.96. The number of aliphatic hydroxyl groups is 1. The molecule has 0 saturated heterocycles. The van der Waals surface area contributed by atoms with Crippen LogP contribution in [0.25, 0.3) is 22.2 Å². The fraction of sp³-hybridized carbons (Fsp3) is 0.310. The number of aromatic amines is 1. The van der Waals surface area contributed by atoms with Crippen molar-refractivity contribution in [3.05, 3.63) is 76.9 Å². The normalized spacial score (nSPS) is 19.7. The highest BCUT2D eigenvalue weighted by Crippen LogP contribution is 2.48. The first-order valence-electron chi connectivity index (χ1n) is 13.1. The summed E-state index contributed by atoms with van der Waals surface area (Å²) in [6.45, 7) is -0.163. The van der Waals surface area contributed by atoms with Crippen LogP contribution in [0.1, 0.15) is 52.9 Å². The second kappa shape index (κ2) is 9.51. The van der Waals surface area contributed by atoms with E-state index < -0.39 is 47.1 Å². The Morgan fingerprint density at radius 1 is 1.19 bits per heavy atom. The summed E-state index contributed by atoms with van der Waals surface area (Å²) in [5.74, 6) is -2.20. The minimum absolute atomic E-state index is 0.0114. The van der Waals surface area contributed by atoms with Gasteiger partial charge in [-0.05, 0) is 73.7 Å². The predicted octanol–water partition coefficient (Wildman–Crippen LogP) is 3.96. The average molecular weight is 584 g/mol. The number of carbonyl (C=O) groups excluding carboxylic acids is 2. The topological polar surface area (TPSA) is 143 Å². The van der Waals surface area contributed by atoms with E-state index in [0.29, 0.717) is 16.5 Å². The van der Waals surface area contributed by atoms with Gasteiger partial charge in [-0.25, -0.2) is 9.37 Å². The predicted molar refractivity (Wildman–Crippen MR) is 142 cm³/mol. The Labute approximate surface area is 236 Å². The number of nitrogens with zero attached hydrogens (tertiary/aromatic N) is 2. The van der Waals surface area contributed by atoms with Crippen molar-refractivity contribution in [1.82, 2.24) is 20.5 Å². The van der Waals surface area contributed by atoms with E-state index in [2.05, 4.69) is 20.5 Å². The second-order valence-electron chi connectivity index (χ2n) is 10.9. The molecule has 0 radical (unpaired) electrons. The van der Waals surface area contributed by atoms with Crippen molar-refractivity contribution < 1.29 is 37.0 Å². The fourth-order valence-corrected chi connectivity index (χ4v) is 5.18. The number of rotatable bonds is 7. The Hall–Kier alpha value is -4.52. The first kappa shape index (κ1) is 27.6. The van der Waals surface area contributed by atoms with Gasteiger partial charge in [-0.3, -0.25) is 14.7 Å². The third kappa shape index (κ3) is 4.44. The van der Waals surface area contributed by atoms with Crippen LogP contribution < -0.4 is 15.8 Å². The molecule has 4 aromatic rings. The molecular formula is C29H25F4N5O4. The Balaban J connectivity index is 1.43. The molecule has 3 heterocycles.